The van der Waals surface area contributed by atoms with Gasteiger partial charge in [0.2, 0.25) is 0 Å². The lowest BCUT2D eigenvalue weighted by Crippen LogP contribution is -2.45. The Morgan fingerprint density at radius 2 is 2.13 bits per heavy atom. The van der Waals surface area contributed by atoms with E-state index in [-0.39, 0.29) is 23.6 Å². The molecular formula is C21H25N7O3. The molecule has 2 unspecified atom stereocenters. The van der Waals surface area contributed by atoms with Crippen LogP contribution >= 0.6 is 0 Å². The summed E-state index contributed by atoms with van der Waals surface area (Å²) >= 11 is 0. The number of nitrogens with zero attached hydrogens (tertiary/aromatic N) is 4. The number of fused-ring (bicyclic) bond motifs is 1. The van der Waals surface area contributed by atoms with E-state index in [1.54, 1.807) is 34.5 Å². The van der Waals surface area contributed by atoms with Crippen LogP contribution in [0.15, 0.2) is 35.4 Å². The maximum atomic E-state index is 12.9. The second-order valence-corrected chi connectivity index (χ2v) is 8.16. The van der Waals surface area contributed by atoms with Crippen LogP contribution in [-0.4, -0.2) is 51.4 Å². The molecule has 0 spiro atoms. The highest BCUT2D eigenvalue weighted by Gasteiger charge is 2.29. The fraction of sp³-hybridized carbons (Fsp3) is 0.429. The molecule has 3 N–H and O–H groups in total. The van der Waals surface area contributed by atoms with Gasteiger partial charge in [-0.15, -0.1) is 0 Å². The van der Waals surface area contributed by atoms with Crippen molar-refractivity contribution in [3.63, 3.8) is 0 Å². The molecule has 5 rings (SSSR count). The number of nitrogens with one attached hydrogen (secondary N) is 3. The predicted molar refractivity (Wildman–Crippen MR) is 116 cm³/mol. The average Bonchev–Trinajstić information content (AvgIpc) is 3.16. The molecule has 10 nitrogen and oxygen atoms in total. The number of carbonyl (C=O) groups is 1. The Bertz CT molecular complexity index is 1200. The summed E-state index contributed by atoms with van der Waals surface area (Å²) in [6.07, 6.45) is 5.40. The van der Waals surface area contributed by atoms with E-state index in [9.17, 15) is 9.59 Å². The van der Waals surface area contributed by atoms with Crippen LogP contribution < -0.4 is 21.5 Å². The van der Waals surface area contributed by atoms with Crippen LogP contribution in [0.2, 0.25) is 0 Å². The van der Waals surface area contributed by atoms with E-state index in [0.717, 1.165) is 12.8 Å². The largest absolute Gasteiger partial charge is 0.377 e. The first kappa shape index (κ1) is 19.6. The minimum Gasteiger partial charge on any atom is -0.377 e. The van der Waals surface area contributed by atoms with Gasteiger partial charge in [-0.3, -0.25) is 9.59 Å². The van der Waals surface area contributed by atoms with Crippen LogP contribution in [0.25, 0.3) is 5.65 Å². The van der Waals surface area contributed by atoms with E-state index >= 15 is 0 Å². The number of hydrogen-bond acceptors (Lipinski definition) is 7. The van der Waals surface area contributed by atoms with Gasteiger partial charge >= 0.3 is 0 Å². The molecule has 2 fully saturated rings. The molecule has 1 aliphatic heterocycles. The van der Waals surface area contributed by atoms with Crippen molar-refractivity contribution in [3.05, 3.63) is 46.5 Å². The van der Waals surface area contributed by atoms with Crippen molar-refractivity contribution in [2.24, 2.45) is 5.92 Å². The van der Waals surface area contributed by atoms with E-state index < -0.39 is 0 Å². The van der Waals surface area contributed by atoms with E-state index in [1.165, 1.54) is 6.20 Å². The smallest absolute Gasteiger partial charge is 0.274 e. The zero-order valence-corrected chi connectivity index (χ0v) is 17.5. The van der Waals surface area contributed by atoms with Crippen LogP contribution in [0.5, 0.6) is 0 Å². The first-order valence-corrected chi connectivity index (χ1v) is 10.5. The number of pyridine rings is 1. The van der Waals surface area contributed by atoms with Crippen molar-refractivity contribution in [3.8, 4) is 0 Å². The van der Waals surface area contributed by atoms with Gasteiger partial charge in [-0.1, -0.05) is 6.92 Å². The Hall–Kier alpha value is -3.40. The van der Waals surface area contributed by atoms with Gasteiger partial charge in [0.15, 0.2) is 5.65 Å². The van der Waals surface area contributed by atoms with Crippen LogP contribution in [0.1, 0.15) is 36.2 Å². The van der Waals surface area contributed by atoms with Crippen molar-refractivity contribution in [2.45, 2.75) is 31.8 Å². The molecule has 0 bridgehead atoms. The molecule has 1 amide bonds. The van der Waals surface area contributed by atoms with Gasteiger partial charge in [-0.25, -0.2) is 4.98 Å². The summed E-state index contributed by atoms with van der Waals surface area (Å²) in [7, 11) is 1.77. The molecule has 2 aliphatic rings. The molecule has 2 atom stereocenters. The topological polar surface area (TPSA) is 115 Å². The molecule has 0 aromatic carbocycles. The van der Waals surface area contributed by atoms with Crippen molar-refractivity contribution >= 4 is 28.9 Å². The fourth-order valence-corrected chi connectivity index (χ4v) is 3.91. The van der Waals surface area contributed by atoms with Gasteiger partial charge in [0, 0.05) is 25.4 Å². The maximum Gasteiger partial charge on any atom is 0.274 e. The predicted octanol–water partition coefficient (Wildman–Crippen LogP) is 1.78. The van der Waals surface area contributed by atoms with Crippen LogP contribution in [0.3, 0.4) is 0 Å². The molecule has 1 saturated heterocycles. The Morgan fingerprint density at radius 1 is 1.29 bits per heavy atom. The second-order valence-electron chi connectivity index (χ2n) is 8.16. The van der Waals surface area contributed by atoms with Gasteiger partial charge in [-0.2, -0.15) is 9.61 Å². The van der Waals surface area contributed by atoms with Gasteiger partial charge in [0.1, 0.15) is 22.9 Å². The zero-order valence-electron chi connectivity index (χ0n) is 17.5. The molecule has 1 saturated carbocycles. The Balaban J connectivity index is 1.48. The molecular weight excluding hydrogens is 398 g/mol. The minimum absolute atomic E-state index is 0.0524. The van der Waals surface area contributed by atoms with Crippen molar-refractivity contribution in [2.75, 3.05) is 30.9 Å². The minimum atomic E-state index is -0.190. The summed E-state index contributed by atoms with van der Waals surface area (Å²) in [4.78, 5) is 30.3. The summed E-state index contributed by atoms with van der Waals surface area (Å²) in [6.45, 7) is 3.20. The third-order valence-corrected chi connectivity index (χ3v) is 6.16. The van der Waals surface area contributed by atoms with Crippen LogP contribution in [-0.2, 0) is 4.74 Å². The molecule has 4 heterocycles. The number of ether oxygens (including phenoxy) is 1. The third-order valence-electron chi connectivity index (χ3n) is 6.16. The average molecular weight is 423 g/mol. The lowest BCUT2D eigenvalue weighted by molar-refractivity contribution is -0.0247. The summed E-state index contributed by atoms with van der Waals surface area (Å²) < 4.78 is 8.46. The Labute approximate surface area is 178 Å². The normalized spacial score (nSPS) is 20.7. The third kappa shape index (κ3) is 3.42. The zero-order chi connectivity index (χ0) is 21.5. The first-order valence-electron chi connectivity index (χ1n) is 10.5. The summed E-state index contributed by atoms with van der Waals surface area (Å²) in [5, 5.41) is 13.6. The number of carbonyl (C=O) groups excluding carboxylic acids is 1. The van der Waals surface area contributed by atoms with Crippen molar-refractivity contribution in [1.82, 2.24) is 24.5 Å². The highest BCUT2D eigenvalue weighted by atomic mass is 16.5. The Morgan fingerprint density at radius 3 is 2.77 bits per heavy atom. The van der Waals surface area contributed by atoms with Crippen molar-refractivity contribution in [1.29, 1.82) is 0 Å². The lowest BCUT2D eigenvalue weighted by Gasteiger charge is -2.34. The molecule has 3 aromatic heterocycles. The fourth-order valence-electron chi connectivity index (χ4n) is 3.91. The first-order chi connectivity index (χ1) is 15.0. The Kier molecular flexibility index (Phi) is 4.85. The maximum absolute atomic E-state index is 12.9. The van der Waals surface area contributed by atoms with E-state index in [1.807, 2.05) is 6.07 Å². The number of aromatic nitrogens is 4. The SMILES string of the molecule is CNc1cc(Nc2cccn(C3COC3)c2=O)nc2c(C(=O)NC3CCC3C)cnn12. The highest BCUT2D eigenvalue weighted by molar-refractivity contribution is 6.00. The number of hydrogen-bond donors (Lipinski definition) is 3. The van der Waals surface area contributed by atoms with Crippen molar-refractivity contribution < 1.29 is 9.53 Å². The summed E-state index contributed by atoms with van der Waals surface area (Å²) in [5.41, 5.74) is 1.08. The quantitative estimate of drug-likeness (QED) is 0.554. The van der Waals surface area contributed by atoms with E-state index in [4.69, 9.17) is 4.74 Å². The van der Waals surface area contributed by atoms with Gasteiger partial charge < -0.3 is 25.3 Å². The van der Waals surface area contributed by atoms with E-state index in [0.29, 0.717) is 47.7 Å². The van der Waals surface area contributed by atoms with Gasteiger partial charge in [0.05, 0.1) is 25.5 Å². The lowest BCUT2D eigenvalue weighted by atomic mass is 9.81. The molecule has 0 radical (unpaired) electrons. The van der Waals surface area contributed by atoms with Crippen LogP contribution in [0.4, 0.5) is 17.3 Å². The molecule has 31 heavy (non-hydrogen) atoms. The molecule has 3 aromatic rings. The van der Waals surface area contributed by atoms with Gasteiger partial charge in [-0.05, 0) is 30.9 Å². The molecule has 10 heteroatoms. The molecule has 1 aliphatic carbocycles. The van der Waals surface area contributed by atoms with E-state index in [2.05, 4.69) is 33.0 Å². The monoisotopic (exact) mass is 423 g/mol. The summed E-state index contributed by atoms with van der Waals surface area (Å²) in [6, 6.07) is 5.52. The second kappa shape index (κ2) is 7.69. The highest BCUT2D eigenvalue weighted by Crippen LogP contribution is 2.27. The standard InChI is InChI=1S/C21H25N7O3/c1-12-5-6-15(12)25-20(29)14-9-23-28-18(22-2)8-17(26-19(14)28)24-16-4-3-7-27(21(16)30)13-10-31-11-13/h3-4,7-9,12-13,15,22H,5-6,10-11H2,1-2H3,(H,24,26)(H,25,29). The molecule has 162 valence electrons. The van der Waals surface area contributed by atoms with Crippen LogP contribution in [0, 0.1) is 5.92 Å². The number of anilines is 3. The summed E-state index contributed by atoms with van der Waals surface area (Å²) in [5.74, 6) is 1.38. The van der Waals surface area contributed by atoms with Gasteiger partial charge in [0.25, 0.3) is 11.5 Å². The number of amides is 1. The number of rotatable bonds is 6.